The summed E-state index contributed by atoms with van der Waals surface area (Å²) in [5.74, 6) is -0.362. The van der Waals surface area contributed by atoms with Gasteiger partial charge in [0, 0.05) is 0 Å². The summed E-state index contributed by atoms with van der Waals surface area (Å²) >= 11 is 0. The molecule has 6 heteroatoms. The molecule has 0 heterocycles. The molecule has 0 spiro atoms. The minimum Gasteiger partial charge on any atom is -0.508 e. The highest BCUT2D eigenvalue weighted by molar-refractivity contribution is 5.73. The summed E-state index contributed by atoms with van der Waals surface area (Å²) in [5, 5.41) is 12.0. The molecule has 0 aliphatic heterocycles. The minimum absolute atomic E-state index is 0.0400. The fourth-order valence-electron chi connectivity index (χ4n) is 2.12. The second kappa shape index (κ2) is 8.57. The molecule has 2 aromatic carbocycles. The third-order valence-electron chi connectivity index (χ3n) is 3.40. The van der Waals surface area contributed by atoms with E-state index in [1.54, 1.807) is 12.1 Å². The van der Waals surface area contributed by atoms with Gasteiger partial charge in [-0.05, 0) is 23.3 Å². The van der Waals surface area contributed by atoms with Crippen molar-refractivity contribution in [3.8, 4) is 5.75 Å². The zero-order chi connectivity index (χ0) is 17.4. The van der Waals surface area contributed by atoms with Crippen molar-refractivity contribution in [1.29, 1.82) is 0 Å². The molecule has 0 aliphatic carbocycles. The van der Waals surface area contributed by atoms with Crippen LogP contribution < -0.4 is 5.32 Å². The average Bonchev–Trinajstić information content (AvgIpc) is 2.61. The van der Waals surface area contributed by atoms with Gasteiger partial charge in [-0.25, -0.2) is 4.79 Å². The van der Waals surface area contributed by atoms with E-state index in [0.29, 0.717) is 5.56 Å². The van der Waals surface area contributed by atoms with Crippen molar-refractivity contribution in [2.75, 3.05) is 7.11 Å². The van der Waals surface area contributed by atoms with Crippen LogP contribution >= 0.6 is 0 Å². The maximum Gasteiger partial charge on any atom is 0.407 e. The summed E-state index contributed by atoms with van der Waals surface area (Å²) in [4.78, 5) is 23.6. The van der Waals surface area contributed by atoms with Crippen molar-refractivity contribution in [1.82, 2.24) is 5.32 Å². The number of benzene rings is 2. The Bertz CT molecular complexity index is 670. The lowest BCUT2D eigenvalue weighted by Gasteiger charge is -2.18. The van der Waals surface area contributed by atoms with Crippen LogP contribution in [0.5, 0.6) is 5.75 Å². The lowest BCUT2D eigenvalue weighted by molar-refractivity contribution is -0.141. The highest BCUT2D eigenvalue weighted by atomic mass is 16.5. The molecule has 1 amide bonds. The lowest BCUT2D eigenvalue weighted by Crippen LogP contribution is -2.31. The molecule has 2 rings (SSSR count). The summed E-state index contributed by atoms with van der Waals surface area (Å²) in [6, 6.07) is 14.9. The van der Waals surface area contributed by atoms with E-state index in [1.165, 1.54) is 19.2 Å². The normalized spacial score (nSPS) is 11.4. The van der Waals surface area contributed by atoms with E-state index in [9.17, 15) is 14.7 Å². The Morgan fingerprint density at radius 1 is 1.08 bits per heavy atom. The first-order valence-corrected chi connectivity index (χ1v) is 7.41. The van der Waals surface area contributed by atoms with E-state index in [-0.39, 0.29) is 18.8 Å². The van der Waals surface area contributed by atoms with Gasteiger partial charge in [0.1, 0.15) is 12.4 Å². The first kappa shape index (κ1) is 17.3. The van der Waals surface area contributed by atoms with Crippen LogP contribution in [0.2, 0.25) is 0 Å². The number of alkyl carbamates (subject to hydrolysis) is 1. The van der Waals surface area contributed by atoms with E-state index >= 15 is 0 Å². The second-order valence-corrected chi connectivity index (χ2v) is 5.13. The quantitative estimate of drug-likeness (QED) is 0.796. The Morgan fingerprint density at radius 2 is 1.75 bits per heavy atom. The van der Waals surface area contributed by atoms with E-state index in [2.05, 4.69) is 10.1 Å². The molecule has 2 N–H and O–H groups in total. The number of phenolic OH excluding ortho intramolecular Hbond substituents is 1. The third kappa shape index (κ3) is 5.31. The number of nitrogens with one attached hydrogen (secondary N) is 1. The zero-order valence-corrected chi connectivity index (χ0v) is 13.3. The summed E-state index contributed by atoms with van der Waals surface area (Å²) in [6.07, 6.45) is -0.678. The van der Waals surface area contributed by atoms with Gasteiger partial charge in [0.25, 0.3) is 0 Å². The Balaban J connectivity index is 2.00. The predicted molar refractivity (Wildman–Crippen MR) is 87.2 cm³/mol. The van der Waals surface area contributed by atoms with Gasteiger partial charge in [0.2, 0.25) is 0 Å². The van der Waals surface area contributed by atoms with Crippen LogP contribution in [-0.2, 0) is 20.9 Å². The van der Waals surface area contributed by atoms with Crippen LogP contribution in [0.4, 0.5) is 4.79 Å². The first-order chi connectivity index (χ1) is 11.6. The highest BCUT2D eigenvalue weighted by Crippen LogP contribution is 2.20. The fraction of sp³-hybridized carbons (Fsp3) is 0.222. The van der Waals surface area contributed by atoms with Crippen molar-refractivity contribution in [3.63, 3.8) is 0 Å². The molecule has 2 aromatic rings. The molecule has 1 atom stereocenters. The van der Waals surface area contributed by atoms with Gasteiger partial charge in [-0.1, -0.05) is 42.5 Å². The molecular weight excluding hydrogens is 310 g/mol. The van der Waals surface area contributed by atoms with Gasteiger partial charge in [-0.3, -0.25) is 4.79 Å². The van der Waals surface area contributed by atoms with E-state index in [4.69, 9.17) is 4.74 Å². The molecule has 0 saturated heterocycles. The van der Waals surface area contributed by atoms with Gasteiger partial charge < -0.3 is 19.9 Å². The molecular formula is C18H19NO5. The molecule has 0 radical (unpaired) electrons. The van der Waals surface area contributed by atoms with E-state index in [0.717, 1.165) is 5.56 Å². The largest absolute Gasteiger partial charge is 0.508 e. The van der Waals surface area contributed by atoms with Crippen LogP contribution in [0.1, 0.15) is 23.6 Å². The topological polar surface area (TPSA) is 84.9 Å². The SMILES string of the molecule is COC(=O)C[C@@H](NC(=O)OCc1ccccc1)c1ccc(O)cc1. The number of carbonyl (C=O) groups excluding carboxylic acids is 2. The van der Waals surface area contributed by atoms with Crippen molar-refractivity contribution in [2.24, 2.45) is 0 Å². The van der Waals surface area contributed by atoms with Gasteiger partial charge in [0.15, 0.2) is 0 Å². The molecule has 0 aromatic heterocycles. The number of carbonyl (C=O) groups is 2. The van der Waals surface area contributed by atoms with Gasteiger partial charge in [0.05, 0.1) is 19.6 Å². The minimum atomic E-state index is -0.638. The summed E-state index contributed by atoms with van der Waals surface area (Å²) in [6.45, 7) is 0.132. The molecule has 126 valence electrons. The summed E-state index contributed by atoms with van der Waals surface area (Å²) in [5.41, 5.74) is 1.52. The number of phenols is 1. The Morgan fingerprint density at radius 3 is 2.38 bits per heavy atom. The molecule has 0 bridgehead atoms. The van der Waals surface area contributed by atoms with Gasteiger partial charge in [-0.2, -0.15) is 0 Å². The number of ether oxygens (including phenoxy) is 2. The van der Waals surface area contributed by atoms with Crippen LogP contribution in [0.25, 0.3) is 0 Å². The molecule has 0 unspecified atom stereocenters. The van der Waals surface area contributed by atoms with Gasteiger partial charge >= 0.3 is 12.1 Å². The summed E-state index contributed by atoms with van der Waals surface area (Å²) in [7, 11) is 1.28. The van der Waals surface area contributed by atoms with Crippen molar-refractivity contribution in [3.05, 3.63) is 65.7 Å². The third-order valence-corrected chi connectivity index (χ3v) is 3.40. The molecule has 6 nitrogen and oxygen atoms in total. The molecule has 0 aliphatic rings. The molecule has 0 fully saturated rings. The molecule has 24 heavy (non-hydrogen) atoms. The second-order valence-electron chi connectivity index (χ2n) is 5.13. The number of hydrogen-bond acceptors (Lipinski definition) is 5. The van der Waals surface area contributed by atoms with Crippen molar-refractivity contribution >= 4 is 12.1 Å². The number of esters is 1. The molecule has 0 saturated carbocycles. The van der Waals surface area contributed by atoms with Crippen LogP contribution in [-0.4, -0.2) is 24.3 Å². The van der Waals surface area contributed by atoms with Crippen LogP contribution in [0.15, 0.2) is 54.6 Å². The maximum atomic E-state index is 12.0. The number of hydrogen-bond donors (Lipinski definition) is 2. The van der Waals surface area contributed by atoms with Gasteiger partial charge in [-0.15, -0.1) is 0 Å². The number of amides is 1. The van der Waals surface area contributed by atoms with Crippen molar-refractivity contribution in [2.45, 2.75) is 19.1 Å². The Kier molecular flexibility index (Phi) is 6.19. The number of rotatable bonds is 6. The highest BCUT2D eigenvalue weighted by Gasteiger charge is 2.19. The lowest BCUT2D eigenvalue weighted by atomic mass is 10.0. The van der Waals surface area contributed by atoms with Crippen molar-refractivity contribution < 1.29 is 24.2 Å². The van der Waals surface area contributed by atoms with Crippen LogP contribution in [0, 0.1) is 0 Å². The predicted octanol–water partition coefficient (Wildman–Crippen LogP) is 2.92. The monoisotopic (exact) mass is 329 g/mol. The average molecular weight is 329 g/mol. The standard InChI is InChI=1S/C18H19NO5/c1-23-17(21)11-16(14-7-9-15(20)10-8-14)19-18(22)24-12-13-5-3-2-4-6-13/h2-10,16,20H,11-12H2,1H3,(H,19,22)/t16-/m1/s1. The summed E-state index contributed by atoms with van der Waals surface area (Å²) < 4.78 is 9.82. The smallest absolute Gasteiger partial charge is 0.407 e. The fourth-order valence-corrected chi connectivity index (χ4v) is 2.12. The van der Waals surface area contributed by atoms with Crippen LogP contribution in [0.3, 0.4) is 0 Å². The Hall–Kier alpha value is -3.02. The number of aromatic hydroxyl groups is 1. The first-order valence-electron chi connectivity index (χ1n) is 7.41. The zero-order valence-electron chi connectivity index (χ0n) is 13.3. The van der Waals surface area contributed by atoms with E-state index in [1.807, 2.05) is 30.3 Å². The number of methoxy groups -OCH3 is 1. The Labute approximate surface area is 140 Å². The maximum absolute atomic E-state index is 12.0. The van der Waals surface area contributed by atoms with E-state index < -0.39 is 18.1 Å².